The van der Waals surface area contributed by atoms with Gasteiger partial charge >= 0.3 is 0 Å². The number of carbonyl (C=O) groups is 1. The van der Waals surface area contributed by atoms with Crippen LogP contribution in [0.2, 0.25) is 0 Å². The minimum atomic E-state index is -1.23. The number of aromatic amines is 1. The molecular weight excluding hydrogens is 300 g/mol. The zero-order valence-corrected chi connectivity index (χ0v) is 11.7. The highest BCUT2D eigenvalue weighted by molar-refractivity contribution is 5.86. The standard InChI is InChI=1S/C14H12N6O3/c15-14-19-11-10(12(21)20-14)18-9(6-17-11)5-16-8-3-1-7(2-4-8)13(22)23/h1-4,6,16H,5H2,(H,22,23)(H3,15,17,19,20,21)/p-1. The summed E-state index contributed by atoms with van der Waals surface area (Å²) in [6.07, 6.45) is 1.48. The van der Waals surface area contributed by atoms with Gasteiger partial charge in [0.1, 0.15) is 0 Å². The minimum absolute atomic E-state index is 0.0179. The van der Waals surface area contributed by atoms with E-state index in [0.29, 0.717) is 17.9 Å². The molecule has 9 heteroatoms. The number of benzene rings is 1. The molecule has 3 rings (SSSR count). The molecule has 9 nitrogen and oxygen atoms in total. The van der Waals surface area contributed by atoms with E-state index in [2.05, 4.69) is 25.3 Å². The molecule has 2 aromatic heterocycles. The maximum atomic E-state index is 11.8. The van der Waals surface area contributed by atoms with Crippen LogP contribution in [0.5, 0.6) is 0 Å². The summed E-state index contributed by atoms with van der Waals surface area (Å²) in [7, 11) is 0. The van der Waals surface area contributed by atoms with Crippen LogP contribution >= 0.6 is 0 Å². The summed E-state index contributed by atoms with van der Waals surface area (Å²) in [6, 6.07) is 6.08. The Morgan fingerprint density at radius 3 is 2.70 bits per heavy atom. The van der Waals surface area contributed by atoms with Gasteiger partial charge in [0.25, 0.3) is 5.56 Å². The van der Waals surface area contributed by atoms with Gasteiger partial charge in [0.2, 0.25) is 5.95 Å². The van der Waals surface area contributed by atoms with Crippen molar-refractivity contribution >= 4 is 28.8 Å². The molecule has 0 amide bonds. The average Bonchev–Trinajstić information content (AvgIpc) is 2.53. The Hall–Kier alpha value is -3.49. The normalized spacial score (nSPS) is 10.6. The van der Waals surface area contributed by atoms with Gasteiger partial charge in [-0.05, 0) is 17.7 Å². The molecule has 0 radical (unpaired) electrons. The van der Waals surface area contributed by atoms with Crippen LogP contribution < -0.4 is 21.7 Å². The third-order valence-corrected chi connectivity index (χ3v) is 3.08. The summed E-state index contributed by atoms with van der Waals surface area (Å²) >= 11 is 0. The van der Waals surface area contributed by atoms with Gasteiger partial charge < -0.3 is 21.0 Å². The first kappa shape index (κ1) is 14.4. The summed E-state index contributed by atoms with van der Waals surface area (Å²) in [5.74, 6) is -1.25. The molecule has 0 bridgehead atoms. The molecule has 0 saturated carbocycles. The minimum Gasteiger partial charge on any atom is -0.545 e. The number of nitrogens with one attached hydrogen (secondary N) is 2. The summed E-state index contributed by atoms with van der Waals surface area (Å²) in [5, 5.41) is 13.7. The third-order valence-electron chi connectivity index (χ3n) is 3.08. The van der Waals surface area contributed by atoms with Gasteiger partial charge in [0.05, 0.1) is 24.4 Å². The molecule has 0 aliphatic rings. The number of carbonyl (C=O) groups excluding carboxylic acids is 1. The highest BCUT2D eigenvalue weighted by atomic mass is 16.4. The Bertz CT molecular complexity index is 935. The molecule has 23 heavy (non-hydrogen) atoms. The molecule has 3 aromatic rings. The number of nitrogens with zero attached hydrogens (tertiary/aromatic N) is 3. The first-order valence-electron chi connectivity index (χ1n) is 6.59. The summed E-state index contributed by atoms with van der Waals surface area (Å²) < 4.78 is 0. The molecule has 116 valence electrons. The summed E-state index contributed by atoms with van der Waals surface area (Å²) in [4.78, 5) is 36.9. The molecule has 1 aromatic carbocycles. The number of carboxylic acids is 1. The van der Waals surface area contributed by atoms with Crippen LogP contribution in [0.1, 0.15) is 16.1 Å². The van der Waals surface area contributed by atoms with E-state index in [0.717, 1.165) is 0 Å². The SMILES string of the molecule is Nc1nc2ncc(CNc3ccc(C(=O)[O-])cc3)nc2c(=O)[nH]1. The number of carboxylic acid groups (broad SMARTS) is 1. The smallest absolute Gasteiger partial charge is 0.280 e. The second-order valence-electron chi connectivity index (χ2n) is 4.70. The molecule has 0 spiro atoms. The van der Waals surface area contributed by atoms with Crippen molar-refractivity contribution in [3.8, 4) is 0 Å². The van der Waals surface area contributed by atoms with E-state index in [1.54, 1.807) is 12.1 Å². The maximum Gasteiger partial charge on any atom is 0.280 e. The van der Waals surface area contributed by atoms with Gasteiger partial charge in [-0.15, -0.1) is 0 Å². The van der Waals surface area contributed by atoms with Crippen molar-refractivity contribution in [2.45, 2.75) is 6.54 Å². The fourth-order valence-electron chi connectivity index (χ4n) is 1.97. The van der Waals surface area contributed by atoms with Crippen LogP contribution in [0.25, 0.3) is 11.2 Å². The van der Waals surface area contributed by atoms with E-state index in [4.69, 9.17) is 5.73 Å². The highest BCUT2D eigenvalue weighted by Gasteiger charge is 2.06. The Morgan fingerprint density at radius 2 is 2.00 bits per heavy atom. The number of rotatable bonds is 4. The van der Waals surface area contributed by atoms with Gasteiger partial charge in [-0.25, -0.2) is 9.97 Å². The summed E-state index contributed by atoms with van der Waals surface area (Å²) in [5.41, 5.74) is 6.57. The molecule has 0 atom stereocenters. The first-order chi connectivity index (χ1) is 11.0. The molecule has 0 aliphatic carbocycles. The maximum absolute atomic E-state index is 11.8. The lowest BCUT2D eigenvalue weighted by atomic mass is 10.2. The zero-order valence-electron chi connectivity index (χ0n) is 11.7. The van der Waals surface area contributed by atoms with Crippen LogP contribution in [0.15, 0.2) is 35.3 Å². The van der Waals surface area contributed by atoms with E-state index in [9.17, 15) is 14.7 Å². The van der Waals surface area contributed by atoms with Crippen LogP contribution in [-0.2, 0) is 6.54 Å². The Kier molecular flexibility index (Phi) is 3.59. The molecule has 4 N–H and O–H groups in total. The van der Waals surface area contributed by atoms with Gasteiger partial charge in [-0.2, -0.15) is 4.98 Å². The molecule has 0 fully saturated rings. The number of nitrogen functional groups attached to an aromatic ring is 1. The Balaban J connectivity index is 1.79. The van der Waals surface area contributed by atoms with Crippen molar-refractivity contribution in [3.63, 3.8) is 0 Å². The fraction of sp³-hybridized carbons (Fsp3) is 0.0714. The van der Waals surface area contributed by atoms with Crippen molar-refractivity contribution < 1.29 is 9.90 Å². The highest BCUT2D eigenvalue weighted by Crippen LogP contribution is 2.11. The molecule has 0 aliphatic heterocycles. The van der Waals surface area contributed by atoms with Crippen LogP contribution in [-0.4, -0.2) is 25.9 Å². The second kappa shape index (κ2) is 5.72. The van der Waals surface area contributed by atoms with Crippen molar-refractivity contribution in [1.82, 2.24) is 19.9 Å². The van der Waals surface area contributed by atoms with Crippen molar-refractivity contribution in [2.24, 2.45) is 0 Å². The van der Waals surface area contributed by atoms with Crippen molar-refractivity contribution in [2.75, 3.05) is 11.1 Å². The lowest BCUT2D eigenvalue weighted by Crippen LogP contribution is -2.22. The number of aromatic nitrogens is 4. The van der Waals surface area contributed by atoms with Gasteiger partial charge in [-0.1, -0.05) is 12.1 Å². The van der Waals surface area contributed by atoms with Gasteiger partial charge in [-0.3, -0.25) is 9.78 Å². The fourth-order valence-corrected chi connectivity index (χ4v) is 1.97. The van der Waals surface area contributed by atoms with Crippen molar-refractivity contribution in [3.05, 3.63) is 52.1 Å². The lowest BCUT2D eigenvalue weighted by Gasteiger charge is -2.08. The summed E-state index contributed by atoms with van der Waals surface area (Å²) in [6.45, 7) is 0.303. The Morgan fingerprint density at radius 1 is 1.26 bits per heavy atom. The quantitative estimate of drug-likeness (QED) is 0.570. The average molecular weight is 311 g/mol. The van der Waals surface area contributed by atoms with Gasteiger partial charge in [0, 0.05) is 5.69 Å². The molecular formula is C14H11N6O3-. The zero-order chi connectivity index (χ0) is 16.4. The first-order valence-corrected chi connectivity index (χ1v) is 6.59. The predicted octanol–water partition coefficient (Wildman–Crippen LogP) is -0.729. The molecule has 2 heterocycles. The number of nitrogens with two attached hydrogens (primary N) is 1. The lowest BCUT2D eigenvalue weighted by molar-refractivity contribution is -0.255. The van der Waals surface area contributed by atoms with E-state index in [1.807, 2.05) is 0 Å². The number of fused-ring (bicyclic) bond motifs is 1. The monoisotopic (exact) mass is 311 g/mol. The number of hydrogen-bond acceptors (Lipinski definition) is 8. The topological polar surface area (TPSA) is 150 Å². The number of H-pyrrole nitrogens is 1. The van der Waals surface area contributed by atoms with E-state index in [1.165, 1.54) is 18.3 Å². The van der Waals surface area contributed by atoms with E-state index < -0.39 is 11.5 Å². The van der Waals surface area contributed by atoms with E-state index in [-0.39, 0.29) is 22.7 Å². The largest absolute Gasteiger partial charge is 0.545 e. The number of anilines is 2. The van der Waals surface area contributed by atoms with E-state index >= 15 is 0 Å². The van der Waals surface area contributed by atoms with Gasteiger partial charge in [0.15, 0.2) is 11.2 Å². The molecule has 0 saturated heterocycles. The van der Waals surface area contributed by atoms with Crippen LogP contribution in [0, 0.1) is 0 Å². The Labute approximate surface area is 129 Å². The number of aromatic carboxylic acids is 1. The molecule has 0 unspecified atom stereocenters. The van der Waals surface area contributed by atoms with Crippen LogP contribution in [0.3, 0.4) is 0 Å². The van der Waals surface area contributed by atoms with Crippen LogP contribution in [0.4, 0.5) is 11.6 Å². The third kappa shape index (κ3) is 3.07. The number of hydrogen-bond donors (Lipinski definition) is 3. The predicted molar refractivity (Wildman–Crippen MR) is 80.5 cm³/mol. The van der Waals surface area contributed by atoms with Crippen molar-refractivity contribution in [1.29, 1.82) is 0 Å². The second-order valence-corrected chi connectivity index (χ2v) is 4.70.